The van der Waals surface area contributed by atoms with Crippen LogP contribution in [-0.2, 0) is 5.54 Å². The molecule has 1 aliphatic rings. The molecule has 1 aromatic rings. The molecule has 0 radical (unpaired) electrons. The second-order valence-electron chi connectivity index (χ2n) is 3.34. The Labute approximate surface area is 68.0 Å². The summed E-state index contributed by atoms with van der Waals surface area (Å²) in [5.41, 5.74) is 5.40. The van der Waals surface area contributed by atoms with Gasteiger partial charge >= 0.3 is 0 Å². The molecule has 0 atom stereocenters. The van der Waals surface area contributed by atoms with Gasteiger partial charge in [-0.25, -0.2) is 8.78 Å². The number of nitrogens with two attached hydrogens (primary N) is 1. The zero-order chi connectivity index (χ0) is 8.82. The number of aromatic amines is 1. The minimum atomic E-state index is -2.60. The molecule has 0 amide bonds. The summed E-state index contributed by atoms with van der Waals surface area (Å²) in [6, 6.07) is 1.63. The van der Waals surface area contributed by atoms with Crippen molar-refractivity contribution in [2.75, 3.05) is 0 Å². The summed E-state index contributed by atoms with van der Waals surface area (Å²) in [6.07, 6.45) is 0.935. The van der Waals surface area contributed by atoms with Crippen molar-refractivity contribution in [2.24, 2.45) is 5.73 Å². The number of halogens is 2. The maximum Gasteiger partial charge on any atom is 0.252 e. The lowest BCUT2D eigenvalue weighted by Gasteiger charge is -2.43. The third-order valence-corrected chi connectivity index (χ3v) is 2.19. The second kappa shape index (κ2) is 2.04. The Kier molecular flexibility index (Phi) is 1.30. The highest BCUT2D eigenvalue weighted by Gasteiger charge is 2.55. The molecule has 0 aliphatic heterocycles. The largest absolute Gasteiger partial charge is 0.320 e. The highest BCUT2D eigenvalue weighted by Crippen LogP contribution is 2.49. The molecule has 1 aromatic heterocycles. The lowest BCUT2D eigenvalue weighted by molar-refractivity contribution is -0.126. The molecule has 12 heavy (non-hydrogen) atoms. The predicted octanol–water partition coefficient (Wildman–Crippen LogP) is 0.993. The summed E-state index contributed by atoms with van der Waals surface area (Å²) >= 11 is 0. The molecule has 5 heteroatoms. The Hall–Kier alpha value is -0.970. The molecule has 0 saturated heterocycles. The molecule has 3 nitrogen and oxygen atoms in total. The van der Waals surface area contributed by atoms with Gasteiger partial charge in [-0.15, -0.1) is 0 Å². The van der Waals surface area contributed by atoms with Crippen LogP contribution in [0.2, 0.25) is 0 Å². The molecule has 1 saturated carbocycles. The fourth-order valence-electron chi connectivity index (χ4n) is 1.59. The van der Waals surface area contributed by atoms with E-state index in [1.165, 1.54) is 6.20 Å². The van der Waals surface area contributed by atoms with Gasteiger partial charge in [0.2, 0.25) is 0 Å². The molecular weight excluding hydrogens is 164 g/mol. The van der Waals surface area contributed by atoms with E-state index >= 15 is 0 Å². The van der Waals surface area contributed by atoms with Crippen LogP contribution in [0.15, 0.2) is 12.3 Å². The molecule has 0 spiro atoms. The second-order valence-corrected chi connectivity index (χ2v) is 3.34. The number of hydrogen-bond acceptors (Lipinski definition) is 2. The predicted molar refractivity (Wildman–Crippen MR) is 38.6 cm³/mol. The van der Waals surface area contributed by atoms with Crippen molar-refractivity contribution in [1.82, 2.24) is 10.2 Å². The number of nitrogens with one attached hydrogen (secondary N) is 1. The highest BCUT2D eigenvalue weighted by atomic mass is 19.3. The van der Waals surface area contributed by atoms with Gasteiger partial charge in [0.15, 0.2) is 0 Å². The van der Waals surface area contributed by atoms with Crippen LogP contribution in [0.25, 0.3) is 0 Å². The third-order valence-electron chi connectivity index (χ3n) is 2.19. The van der Waals surface area contributed by atoms with Crippen molar-refractivity contribution in [1.29, 1.82) is 0 Å². The molecule has 1 fully saturated rings. The maximum absolute atomic E-state index is 12.5. The molecule has 0 unspecified atom stereocenters. The summed E-state index contributed by atoms with van der Waals surface area (Å²) in [5.74, 6) is -2.60. The van der Waals surface area contributed by atoms with Gasteiger partial charge in [0, 0.05) is 19.0 Å². The van der Waals surface area contributed by atoms with Crippen LogP contribution in [0, 0.1) is 0 Å². The van der Waals surface area contributed by atoms with Crippen LogP contribution in [0.5, 0.6) is 0 Å². The Morgan fingerprint density at radius 1 is 1.50 bits per heavy atom. The number of hydrogen-bond donors (Lipinski definition) is 2. The monoisotopic (exact) mass is 173 g/mol. The van der Waals surface area contributed by atoms with Crippen molar-refractivity contribution in [3.8, 4) is 0 Å². The molecule has 66 valence electrons. The Bertz CT molecular complexity index is 273. The van der Waals surface area contributed by atoms with E-state index in [4.69, 9.17) is 5.73 Å². The zero-order valence-corrected chi connectivity index (χ0v) is 6.35. The number of aromatic nitrogens is 2. The minimum Gasteiger partial charge on any atom is -0.320 e. The van der Waals surface area contributed by atoms with Crippen molar-refractivity contribution in [3.63, 3.8) is 0 Å². The van der Waals surface area contributed by atoms with E-state index in [1.807, 2.05) is 0 Å². The molecule has 1 aliphatic carbocycles. The number of H-pyrrole nitrogens is 1. The first-order chi connectivity index (χ1) is 5.52. The lowest BCUT2D eigenvalue weighted by atomic mass is 9.72. The molecule has 0 aromatic carbocycles. The maximum atomic E-state index is 12.5. The van der Waals surface area contributed by atoms with Crippen molar-refractivity contribution >= 4 is 0 Å². The van der Waals surface area contributed by atoms with E-state index in [-0.39, 0.29) is 12.8 Å². The average molecular weight is 173 g/mol. The van der Waals surface area contributed by atoms with Crippen LogP contribution >= 0.6 is 0 Å². The fraction of sp³-hybridized carbons (Fsp3) is 0.571. The molecule has 3 N–H and O–H groups in total. The van der Waals surface area contributed by atoms with Crippen molar-refractivity contribution < 1.29 is 8.78 Å². The summed E-state index contributed by atoms with van der Waals surface area (Å²) in [6.45, 7) is 0. The molecule has 2 rings (SSSR count). The van der Waals surface area contributed by atoms with Gasteiger partial charge < -0.3 is 5.73 Å². The molecule has 1 heterocycles. The Morgan fingerprint density at radius 3 is 2.58 bits per heavy atom. The number of alkyl halides is 2. The highest BCUT2D eigenvalue weighted by molar-refractivity contribution is 5.20. The van der Waals surface area contributed by atoms with Crippen LogP contribution in [0.1, 0.15) is 18.5 Å². The van der Waals surface area contributed by atoms with E-state index < -0.39 is 11.5 Å². The van der Waals surface area contributed by atoms with Gasteiger partial charge in [-0.2, -0.15) is 5.10 Å². The zero-order valence-electron chi connectivity index (χ0n) is 6.35. The smallest absolute Gasteiger partial charge is 0.252 e. The Balaban J connectivity index is 2.18. The summed E-state index contributed by atoms with van der Waals surface area (Å²) in [7, 11) is 0. The molecular formula is C7H9F2N3. The van der Waals surface area contributed by atoms with E-state index in [0.29, 0.717) is 5.69 Å². The van der Waals surface area contributed by atoms with Gasteiger partial charge in [0.05, 0.1) is 11.2 Å². The fourth-order valence-corrected chi connectivity index (χ4v) is 1.59. The average Bonchev–Trinajstić information content (AvgIpc) is 2.31. The normalized spacial score (nSPS) is 24.9. The van der Waals surface area contributed by atoms with Gasteiger partial charge in [-0.3, -0.25) is 5.10 Å². The van der Waals surface area contributed by atoms with E-state index in [2.05, 4.69) is 10.2 Å². The Morgan fingerprint density at radius 2 is 2.17 bits per heavy atom. The SMILES string of the molecule is NC1(c2ccn[nH]2)CC(F)(F)C1. The van der Waals surface area contributed by atoms with Gasteiger partial charge in [-0.1, -0.05) is 0 Å². The lowest BCUT2D eigenvalue weighted by Crippen LogP contribution is -2.55. The van der Waals surface area contributed by atoms with Gasteiger partial charge in [0.25, 0.3) is 5.92 Å². The van der Waals surface area contributed by atoms with E-state index in [1.54, 1.807) is 6.07 Å². The van der Waals surface area contributed by atoms with E-state index in [9.17, 15) is 8.78 Å². The third kappa shape index (κ3) is 1.01. The summed E-state index contributed by atoms with van der Waals surface area (Å²) in [5, 5.41) is 6.28. The van der Waals surface area contributed by atoms with E-state index in [0.717, 1.165) is 0 Å². The summed E-state index contributed by atoms with van der Waals surface area (Å²) < 4.78 is 25.0. The van der Waals surface area contributed by atoms with Crippen LogP contribution in [0.3, 0.4) is 0 Å². The first kappa shape index (κ1) is 7.67. The van der Waals surface area contributed by atoms with Crippen LogP contribution in [0.4, 0.5) is 8.78 Å². The van der Waals surface area contributed by atoms with Crippen molar-refractivity contribution in [2.45, 2.75) is 24.3 Å². The standard InChI is InChI=1S/C7H9F2N3/c8-7(9)3-6(10,4-7)5-1-2-11-12-5/h1-2H,3-4,10H2,(H,11,12). The van der Waals surface area contributed by atoms with Crippen LogP contribution in [-0.4, -0.2) is 16.1 Å². The first-order valence-corrected chi connectivity index (χ1v) is 3.68. The van der Waals surface area contributed by atoms with Gasteiger partial charge in [-0.05, 0) is 6.07 Å². The first-order valence-electron chi connectivity index (χ1n) is 3.68. The van der Waals surface area contributed by atoms with Gasteiger partial charge in [0.1, 0.15) is 0 Å². The summed E-state index contributed by atoms with van der Waals surface area (Å²) in [4.78, 5) is 0. The topological polar surface area (TPSA) is 54.7 Å². The molecule has 0 bridgehead atoms. The minimum absolute atomic E-state index is 0.289. The van der Waals surface area contributed by atoms with Crippen LogP contribution < -0.4 is 5.73 Å². The van der Waals surface area contributed by atoms with Crippen molar-refractivity contribution in [3.05, 3.63) is 18.0 Å². The number of nitrogens with zero attached hydrogens (tertiary/aromatic N) is 1. The quantitative estimate of drug-likeness (QED) is 0.665. The number of rotatable bonds is 1.